The third-order valence-electron chi connectivity index (χ3n) is 8.23. The van der Waals surface area contributed by atoms with Gasteiger partial charge in [-0.2, -0.15) is 0 Å². The monoisotopic (exact) mass is 505 g/mol. The molecule has 1 heterocycles. The van der Waals surface area contributed by atoms with E-state index in [0.717, 1.165) is 55.2 Å². The molecule has 0 spiro atoms. The Hall–Kier alpha value is -2.90. The third-order valence-corrected chi connectivity index (χ3v) is 8.23. The summed E-state index contributed by atoms with van der Waals surface area (Å²) in [5.41, 5.74) is 3.16. The fourth-order valence-electron chi connectivity index (χ4n) is 5.95. The van der Waals surface area contributed by atoms with E-state index in [4.69, 9.17) is 0 Å². The van der Waals surface area contributed by atoms with Crippen molar-refractivity contribution in [3.8, 4) is 0 Å². The van der Waals surface area contributed by atoms with Crippen LogP contribution in [0.15, 0.2) is 54.6 Å². The first-order valence-electron chi connectivity index (χ1n) is 13.8. The van der Waals surface area contributed by atoms with Gasteiger partial charge < -0.3 is 25.3 Å². The van der Waals surface area contributed by atoms with Gasteiger partial charge in [-0.15, -0.1) is 0 Å². The van der Waals surface area contributed by atoms with Crippen LogP contribution in [0.3, 0.4) is 0 Å². The second kappa shape index (κ2) is 11.7. The number of urea groups is 1. The molecule has 2 aromatic rings. The first-order valence-corrected chi connectivity index (χ1v) is 13.8. The molecule has 2 aromatic carbocycles. The van der Waals surface area contributed by atoms with E-state index in [2.05, 4.69) is 29.6 Å². The molecule has 3 N–H and O–H groups in total. The number of aliphatic hydroxyl groups excluding tert-OH is 2. The molecule has 3 amide bonds. The van der Waals surface area contributed by atoms with Crippen LogP contribution in [-0.4, -0.2) is 63.8 Å². The number of nitrogens with zero attached hydrogens (tertiary/aromatic N) is 2. The molecule has 198 valence electrons. The lowest BCUT2D eigenvalue weighted by Gasteiger charge is -2.32. The molecule has 7 heteroatoms. The summed E-state index contributed by atoms with van der Waals surface area (Å²) >= 11 is 0. The van der Waals surface area contributed by atoms with E-state index < -0.39 is 12.1 Å². The molecular weight excluding hydrogens is 466 g/mol. The molecule has 2 aliphatic carbocycles. The van der Waals surface area contributed by atoms with Crippen LogP contribution in [0.1, 0.15) is 73.6 Å². The van der Waals surface area contributed by atoms with Crippen molar-refractivity contribution in [1.29, 1.82) is 0 Å². The highest BCUT2D eigenvalue weighted by atomic mass is 16.3. The molecular formula is C30H39N3O4. The van der Waals surface area contributed by atoms with E-state index in [1.165, 1.54) is 0 Å². The molecule has 5 rings (SSSR count). The number of likely N-dealkylation sites (tertiary alicyclic amines) is 1. The van der Waals surface area contributed by atoms with Crippen molar-refractivity contribution >= 4 is 11.9 Å². The molecule has 4 atom stereocenters. The van der Waals surface area contributed by atoms with Gasteiger partial charge in [-0.25, -0.2) is 4.79 Å². The second-order valence-electron chi connectivity index (χ2n) is 10.9. The molecule has 0 bridgehead atoms. The SMILES string of the molecule is O=C(NC(CO)c1ccccc1)C1CCCCC1c1ccc(CN(C(=O)N2CCC(O)C2)C2CC2)cc1. The number of nitrogens with one attached hydrogen (secondary N) is 1. The van der Waals surface area contributed by atoms with Gasteiger partial charge in [0.15, 0.2) is 0 Å². The van der Waals surface area contributed by atoms with Crippen LogP contribution in [0.5, 0.6) is 0 Å². The van der Waals surface area contributed by atoms with E-state index in [-0.39, 0.29) is 30.4 Å². The van der Waals surface area contributed by atoms with Crippen LogP contribution >= 0.6 is 0 Å². The number of amides is 3. The van der Waals surface area contributed by atoms with Gasteiger partial charge in [0, 0.05) is 31.6 Å². The summed E-state index contributed by atoms with van der Waals surface area (Å²) in [7, 11) is 0. The van der Waals surface area contributed by atoms with Gasteiger partial charge in [0.25, 0.3) is 0 Å². The summed E-state index contributed by atoms with van der Waals surface area (Å²) < 4.78 is 0. The average Bonchev–Trinajstić information content (AvgIpc) is 3.69. The molecule has 37 heavy (non-hydrogen) atoms. The van der Waals surface area contributed by atoms with Crippen LogP contribution < -0.4 is 5.32 Å². The molecule has 0 radical (unpaired) electrons. The number of β-amino-alcohol motifs (C(OH)–C–C–N with tert-alkyl or cyclic N) is 1. The average molecular weight is 506 g/mol. The summed E-state index contributed by atoms with van der Waals surface area (Å²) in [5.74, 6) is 0.0312. The van der Waals surface area contributed by atoms with E-state index in [9.17, 15) is 19.8 Å². The quantitative estimate of drug-likeness (QED) is 0.506. The molecule has 3 aliphatic rings. The van der Waals surface area contributed by atoms with Gasteiger partial charge in [-0.3, -0.25) is 4.79 Å². The number of rotatable bonds is 8. The minimum absolute atomic E-state index is 0.00925. The van der Waals surface area contributed by atoms with Gasteiger partial charge in [-0.1, -0.05) is 67.4 Å². The van der Waals surface area contributed by atoms with Crippen molar-refractivity contribution in [3.05, 3.63) is 71.3 Å². The minimum Gasteiger partial charge on any atom is -0.394 e. The maximum atomic E-state index is 13.4. The zero-order chi connectivity index (χ0) is 25.8. The molecule has 7 nitrogen and oxygen atoms in total. The van der Waals surface area contributed by atoms with Gasteiger partial charge >= 0.3 is 6.03 Å². The lowest BCUT2D eigenvalue weighted by atomic mass is 9.74. The Bertz CT molecular complexity index is 1060. The smallest absolute Gasteiger partial charge is 0.320 e. The molecule has 1 saturated heterocycles. The normalized spacial score (nSPS) is 24.5. The predicted molar refractivity (Wildman–Crippen MR) is 142 cm³/mol. The third kappa shape index (κ3) is 6.16. The highest BCUT2D eigenvalue weighted by Gasteiger charge is 2.37. The van der Waals surface area contributed by atoms with Crippen molar-refractivity contribution in [2.75, 3.05) is 19.7 Å². The molecule has 1 aliphatic heterocycles. The Morgan fingerprint density at radius 3 is 2.35 bits per heavy atom. The number of hydrogen-bond donors (Lipinski definition) is 3. The standard InChI is InChI=1S/C30H39N3O4/c34-20-28(23-6-2-1-3-7-23)31-29(36)27-9-5-4-8-26(27)22-12-10-21(11-13-22)18-33(24-14-15-24)30(37)32-17-16-25(35)19-32/h1-3,6-7,10-13,24-28,34-35H,4-5,8-9,14-20H2,(H,31,36). The lowest BCUT2D eigenvalue weighted by molar-refractivity contribution is -0.127. The summed E-state index contributed by atoms with van der Waals surface area (Å²) in [6.45, 7) is 1.48. The number of benzene rings is 2. The Kier molecular flexibility index (Phi) is 8.11. The van der Waals surface area contributed by atoms with Crippen molar-refractivity contribution < 1.29 is 19.8 Å². The summed E-state index contributed by atoms with van der Waals surface area (Å²) in [6.07, 6.45) is 6.26. The highest BCUT2D eigenvalue weighted by molar-refractivity contribution is 5.80. The summed E-state index contributed by atoms with van der Waals surface area (Å²) in [5, 5.41) is 22.9. The first kappa shape index (κ1) is 25.7. The molecule has 2 saturated carbocycles. The first-order chi connectivity index (χ1) is 18.0. The minimum atomic E-state index is -0.412. The largest absolute Gasteiger partial charge is 0.394 e. The van der Waals surface area contributed by atoms with Crippen molar-refractivity contribution in [3.63, 3.8) is 0 Å². The summed E-state index contributed by atoms with van der Waals surface area (Å²) in [4.78, 5) is 30.2. The topological polar surface area (TPSA) is 93.1 Å². The Morgan fingerprint density at radius 1 is 0.973 bits per heavy atom. The fourth-order valence-corrected chi connectivity index (χ4v) is 5.95. The highest BCUT2D eigenvalue weighted by Crippen LogP contribution is 2.39. The van der Waals surface area contributed by atoms with E-state index in [1.54, 1.807) is 4.90 Å². The number of hydrogen-bond acceptors (Lipinski definition) is 4. The zero-order valence-corrected chi connectivity index (χ0v) is 21.5. The van der Waals surface area contributed by atoms with Gasteiger partial charge in [0.05, 0.1) is 18.8 Å². The Morgan fingerprint density at radius 2 is 1.70 bits per heavy atom. The predicted octanol–water partition coefficient (Wildman–Crippen LogP) is 3.96. The zero-order valence-electron chi connectivity index (χ0n) is 21.5. The lowest BCUT2D eigenvalue weighted by Crippen LogP contribution is -2.43. The number of carbonyl (C=O) groups is 2. The molecule has 0 aromatic heterocycles. The maximum Gasteiger partial charge on any atom is 0.320 e. The van der Waals surface area contributed by atoms with Crippen molar-refractivity contribution in [1.82, 2.24) is 15.1 Å². The number of aliphatic hydroxyl groups is 2. The number of carbonyl (C=O) groups excluding carboxylic acids is 2. The van der Waals surface area contributed by atoms with Crippen LogP contribution in [0.4, 0.5) is 4.79 Å². The second-order valence-corrected chi connectivity index (χ2v) is 10.9. The van der Waals surface area contributed by atoms with Gasteiger partial charge in [0.2, 0.25) is 5.91 Å². The maximum absolute atomic E-state index is 13.4. The molecule has 3 fully saturated rings. The van der Waals surface area contributed by atoms with Gasteiger partial charge in [0.1, 0.15) is 0 Å². The van der Waals surface area contributed by atoms with E-state index in [0.29, 0.717) is 32.1 Å². The van der Waals surface area contributed by atoms with Crippen molar-refractivity contribution in [2.45, 2.75) is 75.6 Å². The van der Waals surface area contributed by atoms with Gasteiger partial charge in [-0.05, 0) is 54.7 Å². The van der Waals surface area contributed by atoms with E-state index in [1.807, 2.05) is 35.2 Å². The van der Waals surface area contributed by atoms with Crippen LogP contribution in [-0.2, 0) is 11.3 Å². The fraction of sp³-hybridized carbons (Fsp3) is 0.533. The van der Waals surface area contributed by atoms with E-state index >= 15 is 0 Å². The Balaban J connectivity index is 1.25. The van der Waals surface area contributed by atoms with Crippen molar-refractivity contribution in [2.24, 2.45) is 5.92 Å². The Labute approximate surface area is 219 Å². The molecule has 4 unspecified atom stereocenters. The van der Waals surface area contributed by atoms with Crippen LogP contribution in [0, 0.1) is 5.92 Å². The van der Waals surface area contributed by atoms with Crippen LogP contribution in [0.25, 0.3) is 0 Å². The summed E-state index contributed by atoms with van der Waals surface area (Å²) in [6, 6.07) is 18.0. The van der Waals surface area contributed by atoms with Crippen LogP contribution in [0.2, 0.25) is 0 Å².